The van der Waals surface area contributed by atoms with Crippen molar-refractivity contribution in [3.8, 4) is 22.3 Å². The summed E-state index contributed by atoms with van der Waals surface area (Å²) in [6.45, 7) is 8.73. The minimum atomic E-state index is -0.234. The average molecular weight is 624 g/mol. The van der Waals surface area contributed by atoms with E-state index in [1.165, 1.54) is 22.3 Å². The third-order valence-electron chi connectivity index (χ3n) is 9.34. The van der Waals surface area contributed by atoms with Gasteiger partial charge in [-0.05, 0) is 60.1 Å². The molecule has 0 radical (unpaired) electrons. The molecule has 10 nitrogen and oxygen atoms in total. The Bertz CT molecular complexity index is 1630. The molecule has 2 aromatic heterocycles. The molecule has 46 heavy (non-hydrogen) atoms. The number of nitrogens with one attached hydrogen (secondary N) is 1. The van der Waals surface area contributed by atoms with Crippen molar-refractivity contribution in [2.24, 2.45) is 7.05 Å². The molecule has 2 fully saturated rings. The molecule has 3 heterocycles. The standard InChI is InChI=1S/C36H45N7O3/c1-25-18-28(10-11-29(25)23-43-14-12-42(13-15-43)16-17-44)27-8-6-26(7-9-27)24-46-34-5-3-4-33(34)40-36(45)32-19-30(20-38-35(32)37)31-21-39-41(2)22-31/h6-11,18-22,33-34,44H,3-5,12-17,23-24H2,1-2H3,(H2,37,38)(H,40,45)/t33-,34-/m0/s1. The SMILES string of the molecule is Cc1cc(-c2ccc(CO[C@H]3CCC[C@@H]3NC(=O)c3cc(-c4cnn(C)c4)cnc3N)cc2)ccc1CN1CCN(CCO)CC1. The van der Waals surface area contributed by atoms with Crippen LogP contribution >= 0.6 is 0 Å². The van der Waals surface area contributed by atoms with Gasteiger partial charge in [-0.25, -0.2) is 4.98 Å². The van der Waals surface area contributed by atoms with E-state index in [9.17, 15) is 9.90 Å². The monoisotopic (exact) mass is 623 g/mol. The highest BCUT2D eigenvalue weighted by Gasteiger charge is 2.30. The summed E-state index contributed by atoms with van der Waals surface area (Å²) in [5.74, 6) is -0.0265. The van der Waals surface area contributed by atoms with Crippen LogP contribution in [0.1, 0.15) is 46.3 Å². The molecule has 1 saturated carbocycles. The van der Waals surface area contributed by atoms with Gasteiger partial charge in [-0.15, -0.1) is 0 Å². The number of amides is 1. The predicted octanol–water partition coefficient (Wildman–Crippen LogP) is 4.02. The van der Waals surface area contributed by atoms with E-state index >= 15 is 0 Å². The van der Waals surface area contributed by atoms with Crippen LogP contribution < -0.4 is 11.1 Å². The summed E-state index contributed by atoms with van der Waals surface area (Å²) in [5, 5.41) is 16.6. The number of anilines is 1. The number of ether oxygens (including phenoxy) is 1. The lowest BCUT2D eigenvalue weighted by Gasteiger charge is -2.34. The molecule has 6 rings (SSSR count). The summed E-state index contributed by atoms with van der Waals surface area (Å²) in [6.07, 6.45) is 7.98. The van der Waals surface area contributed by atoms with Crippen LogP contribution in [-0.4, -0.2) is 87.1 Å². The van der Waals surface area contributed by atoms with Gasteiger partial charge >= 0.3 is 0 Å². The molecular formula is C36H45N7O3. The van der Waals surface area contributed by atoms with Gasteiger partial charge in [0.2, 0.25) is 0 Å². The molecule has 0 bridgehead atoms. The lowest BCUT2D eigenvalue weighted by atomic mass is 9.98. The fourth-order valence-electron chi connectivity index (χ4n) is 6.52. The molecule has 1 amide bonds. The normalized spacial score (nSPS) is 19.0. The molecular weight excluding hydrogens is 578 g/mol. The van der Waals surface area contributed by atoms with Crippen molar-refractivity contribution in [3.05, 3.63) is 89.4 Å². The van der Waals surface area contributed by atoms with Gasteiger partial charge in [-0.1, -0.05) is 42.5 Å². The topological polar surface area (TPSA) is 122 Å². The maximum atomic E-state index is 13.3. The Kier molecular flexibility index (Phi) is 10.1. The molecule has 4 aromatic rings. The van der Waals surface area contributed by atoms with E-state index in [4.69, 9.17) is 10.5 Å². The van der Waals surface area contributed by atoms with Crippen molar-refractivity contribution < 1.29 is 14.6 Å². The maximum absolute atomic E-state index is 13.3. The van der Waals surface area contributed by atoms with Crippen LogP contribution in [0.5, 0.6) is 0 Å². The van der Waals surface area contributed by atoms with Gasteiger partial charge in [0.05, 0.1) is 37.1 Å². The molecule has 2 aliphatic rings. The number of hydrogen-bond donors (Lipinski definition) is 3. The quantitative estimate of drug-likeness (QED) is 0.229. The Morgan fingerprint density at radius 2 is 1.74 bits per heavy atom. The number of nitrogen functional groups attached to an aromatic ring is 1. The minimum Gasteiger partial charge on any atom is -0.395 e. The van der Waals surface area contributed by atoms with Crippen LogP contribution in [0, 0.1) is 6.92 Å². The van der Waals surface area contributed by atoms with Crippen LogP contribution in [0.3, 0.4) is 0 Å². The zero-order valence-corrected chi connectivity index (χ0v) is 26.9. The zero-order chi connectivity index (χ0) is 32.0. The Morgan fingerprint density at radius 3 is 2.46 bits per heavy atom. The summed E-state index contributed by atoms with van der Waals surface area (Å²) in [5.41, 5.74) is 14.3. The summed E-state index contributed by atoms with van der Waals surface area (Å²) in [4.78, 5) is 22.3. The van der Waals surface area contributed by atoms with E-state index in [2.05, 4.69) is 74.6 Å². The molecule has 1 aliphatic carbocycles. The molecule has 2 atom stereocenters. The number of nitrogens with two attached hydrogens (primary N) is 1. The maximum Gasteiger partial charge on any atom is 0.255 e. The third-order valence-corrected chi connectivity index (χ3v) is 9.34. The highest BCUT2D eigenvalue weighted by Crippen LogP contribution is 2.27. The van der Waals surface area contributed by atoms with E-state index in [0.717, 1.165) is 75.2 Å². The second-order valence-corrected chi connectivity index (χ2v) is 12.6. The number of aliphatic hydroxyl groups excluding tert-OH is 1. The largest absolute Gasteiger partial charge is 0.395 e. The first-order valence-corrected chi connectivity index (χ1v) is 16.3. The number of carbonyl (C=O) groups is 1. The summed E-state index contributed by atoms with van der Waals surface area (Å²) in [6, 6.07) is 17.0. The highest BCUT2D eigenvalue weighted by atomic mass is 16.5. The van der Waals surface area contributed by atoms with Crippen LogP contribution in [-0.2, 0) is 24.9 Å². The molecule has 2 aromatic carbocycles. The molecule has 4 N–H and O–H groups in total. The number of β-amino-alcohol motifs (C(OH)–C–C–N with tert-alkyl or cyclic N) is 1. The van der Waals surface area contributed by atoms with Gasteiger partial charge in [-0.2, -0.15) is 5.10 Å². The molecule has 242 valence electrons. The van der Waals surface area contributed by atoms with Crippen molar-refractivity contribution in [2.45, 2.75) is 51.5 Å². The molecule has 10 heteroatoms. The highest BCUT2D eigenvalue weighted by molar-refractivity contribution is 5.99. The van der Waals surface area contributed by atoms with Crippen molar-refractivity contribution in [1.82, 2.24) is 29.9 Å². The lowest BCUT2D eigenvalue weighted by molar-refractivity contribution is 0.0272. The van der Waals surface area contributed by atoms with Gasteiger partial charge in [-0.3, -0.25) is 19.3 Å². The Labute approximate surface area is 271 Å². The first-order valence-electron chi connectivity index (χ1n) is 16.3. The van der Waals surface area contributed by atoms with Crippen molar-refractivity contribution in [3.63, 3.8) is 0 Å². The number of piperazine rings is 1. The van der Waals surface area contributed by atoms with Crippen LogP contribution in [0.4, 0.5) is 5.82 Å². The van der Waals surface area contributed by atoms with Crippen LogP contribution in [0.15, 0.2) is 67.1 Å². The predicted molar refractivity (Wildman–Crippen MR) is 180 cm³/mol. The minimum absolute atomic E-state index is 0.0628. The number of nitrogens with zero attached hydrogens (tertiary/aromatic N) is 5. The smallest absolute Gasteiger partial charge is 0.255 e. The van der Waals surface area contributed by atoms with Gasteiger partial charge in [0, 0.05) is 69.8 Å². The molecule has 0 spiro atoms. The summed E-state index contributed by atoms with van der Waals surface area (Å²) in [7, 11) is 1.85. The number of aliphatic hydroxyl groups is 1. The number of aryl methyl sites for hydroxylation is 2. The second-order valence-electron chi connectivity index (χ2n) is 12.6. The van der Waals surface area contributed by atoms with Crippen molar-refractivity contribution in [2.75, 3.05) is 45.1 Å². The van der Waals surface area contributed by atoms with Gasteiger partial charge in [0.25, 0.3) is 5.91 Å². The van der Waals surface area contributed by atoms with E-state index in [-0.39, 0.29) is 30.5 Å². The zero-order valence-electron chi connectivity index (χ0n) is 26.9. The number of rotatable bonds is 11. The van der Waals surface area contributed by atoms with Gasteiger partial charge in [0.15, 0.2) is 0 Å². The van der Waals surface area contributed by atoms with Crippen LogP contribution in [0.25, 0.3) is 22.3 Å². The Morgan fingerprint density at radius 1 is 0.978 bits per heavy atom. The van der Waals surface area contributed by atoms with Crippen molar-refractivity contribution in [1.29, 1.82) is 0 Å². The number of pyridine rings is 1. The lowest BCUT2D eigenvalue weighted by Crippen LogP contribution is -2.46. The van der Waals surface area contributed by atoms with Gasteiger partial charge < -0.3 is 20.9 Å². The number of carbonyl (C=O) groups excluding carboxylic acids is 1. The first kappa shape index (κ1) is 31.9. The number of benzene rings is 2. The van der Waals surface area contributed by atoms with E-state index in [0.29, 0.717) is 12.2 Å². The Hall–Kier alpha value is -4.09. The summed E-state index contributed by atoms with van der Waals surface area (Å²) >= 11 is 0. The number of aromatic nitrogens is 3. The van der Waals surface area contributed by atoms with E-state index in [1.807, 2.05) is 13.2 Å². The van der Waals surface area contributed by atoms with Crippen molar-refractivity contribution >= 4 is 11.7 Å². The Balaban J connectivity index is 1.02. The van der Waals surface area contributed by atoms with Gasteiger partial charge in [0.1, 0.15) is 5.82 Å². The molecule has 1 saturated heterocycles. The molecule has 0 unspecified atom stereocenters. The first-order chi connectivity index (χ1) is 22.4. The third kappa shape index (κ3) is 7.64. The molecule has 1 aliphatic heterocycles. The van der Waals surface area contributed by atoms with E-state index in [1.54, 1.807) is 23.1 Å². The fourth-order valence-corrected chi connectivity index (χ4v) is 6.52. The second kappa shape index (κ2) is 14.6. The fraction of sp³-hybridized carbons (Fsp3) is 0.417. The average Bonchev–Trinajstić information content (AvgIpc) is 3.71. The van der Waals surface area contributed by atoms with E-state index < -0.39 is 0 Å². The van der Waals surface area contributed by atoms with Crippen LogP contribution in [0.2, 0.25) is 0 Å². The number of hydrogen-bond acceptors (Lipinski definition) is 8. The summed E-state index contributed by atoms with van der Waals surface area (Å²) < 4.78 is 8.06.